The van der Waals surface area contributed by atoms with E-state index in [1.54, 1.807) is 32.4 Å². The van der Waals surface area contributed by atoms with Gasteiger partial charge in [-0.15, -0.1) is 0 Å². The van der Waals surface area contributed by atoms with E-state index in [2.05, 4.69) is 27.9 Å². The lowest BCUT2D eigenvalue weighted by molar-refractivity contribution is -0.0807. The number of anilines is 2. The summed E-state index contributed by atoms with van der Waals surface area (Å²) in [5.74, 6) is -0.482. The fraction of sp³-hybridized carbons (Fsp3) is 0.607. The lowest BCUT2D eigenvalue weighted by atomic mass is 9.90. The number of hydrogen-bond donors (Lipinski definition) is 3. The zero-order valence-electron chi connectivity index (χ0n) is 22.1. The molecule has 204 valence electrons. The van der Waals surface area contributed by atoms with Crippen LogP contribution in [0.5, 0.6) is 0 Å². The summed E-state index contributed by atoms with van der Waals surface area (Å²) in [6.45, 7) is 4.67. The summed E-state index contributed by atoms with van der Waals surface area (Å²) in [7, 11) is 3.42. The molecule has 1 saturated heterocycles. The molecule has 1 aliphatic heterocycles. The van der Waals surface area contributed by atoms with Crippen LogP contribution in [0.15, 0.2) is 30.5 Å². The predicted octanol–water partition coefficient (Wildman–Crippen LogP) is 4.98. The number of hydrogen-bond acceptors (Lipinski definition) is 7. The first kappa shape index (κ1) is 27.7. The highest BCUT2D eigenvalue weighted by atomic mass is 19.1. The monoisotopic (exact) mass is 518 g/mol. The molecular weight excluding hydrogens is 478 g/mol. The number of aromatic nitrogens is 1. The first-order chi connectivity index (χ1) is 17.9. The Morgan fingerprint density at radius 3 is 2.43 bits per heavy atom. The van der Waals surface area contributed by atoms with E-state index in [1.807, 2.05) is 0 Å². The minimum atomic E-state index is -0.556. The molecule has 2 fully saturated rings. The van der Waals surface area contributed by atoms with Gasteiger partial charge in [-0.2, -0.15) is 0 Å². The second-order valence-electron chi connectivity index (χ2n) is 10.3. The molecule has 1 aromatic carbocycles. The summed E-state index contributed by atoms with van der Waals surface area (Å²) in [6, 6.07) is 7.31. The van der Waals surface area contributed by atoms with Crippen molar-refractivity contribution in [2.45, 2.75) is 69.2 Å². The second kappa shape index (κ2) is 13.0. The number of ether oxygens (including phenoxy) is 3. The average Bonchev–Trinajstić information content (AvgIpc) is 2.91. The molecule has 0 unspecified atom stereocenters. The number of nitrogens with zero attached hydrogens (tertiary/aromatic N) is 1. The van der Waals surface area contributed by atoms with Gasteiger partial charge in [0.15, 0.2) is 0 Å². The largest absolute Gasteiger partial charge is 0.383 e. The summed E-state index contributed by atoms with van der Waals surface area (Å²) < 4.78 is 46.2. The number of nitrogens with one attached hydrogen (secondary N) is 3. The molecule has 2 heterocycles. The minimum Gasteiger partial charge on any atom is -0.383 e. The van der Waals surface area contributed by atoms with Gasteiger partial charge in [-0.1, -0.05) is 0 Å². The van der Waals surface area contributed by atoms with E-state index in [4.69, 9.17) is 14.2 Å². The maximum Gasteiger partial charge on any atom is 0.149 e. The highest BCUT2D eigenvalue weighted by molar-refractivity contribution is 5.71. The van der Waals surface area contributed by atoms with Gasteiger partial charge in [0.05, 0.1) is 18.4 Å². The van der Waals surface area contributed by atoms with Crippen LogP contribution in [-0.4, -0.2) is 69.3 Å². The summed E-state index contributed by atoms with van der Waals surface area (Å²) in [4.78, 5) is 4.24. The van der Waals surface area contributed by atoms with Crippen molar-refractivity contribution in [3.63, 3.8) is 0 Å². The van der Waals surface area contributed by atoms with E-state index < -0.39 is 11.6 Å². The highest BCUT2D eigenvalue weighted by Crippen LogP contribution is 2.32. The number of pyridine rings is 1. The number of rotatable bonds is 11. The van der Waals surface area contributed by atoms with Gasteiger partial charge in [-0.3, -0.25) is 0 Å². The smallest absolute Gasteiger partial charge is 0.149 e. The molecule has 9 heteroatoms. The molecule has 0 amide bonds. The lowest BCUT2D eigenvalue weighted by Gasteiger charge is -2.36. The maximum absolute atomic E-state index is 14.9. The third kappa shape index (κ3) is 7.37. The van der Waals surface area contributed by atoms with Crippen LogP contribution in [-0.2, 0) is 14.2 Å². The van der Waals surface area contributed by atoms with Crippen molar-refractivity contribution >= 4 is 11.5 Å². The lowest BCUT2D eigenvalue weighted by Crippen LogP contribution is -2.44. The van der Waals surface area contributed by atoms with Crippen LogP contribution in [0.25, 0.3) is 11.1 Å². The van der Waals surface area contributed by atoms with Gasteiger partial charge in [0.1, 0.15) is 17.5 Å². The SMILES string of the molecule is COC[C@H](C)NC1CCC(Nc2cc(-c3cc(NCC4(OC)CCOCC4)ccc3F)c(F)cn2)CC1. The van der Waals surface area contributed by atoms with Gasteiger partial charge in [0.2, 0.25) is 0 Å². The normalized spacial score (nSPS) is 22.4. The molecule has 3 N–H and O–H groups in total. The van der Waals surface area contributed by atoms with E-state index in [0.717, 1.165) is 38.5 Å². The molecule has 1 atom stereocenters. The zero-order chi connectivity index (χ0) is 26.3. The molecule has 0 radical (unpaired) electrons. The molecule has 37 heavy (non-hydrogen) atoms. The Hall–Kier alpha value is -2.33. The van der Waals surface area contributed by atoms with Crippen LogP contribution in [0.2, 0.25) is 0 Å². The van der Waals surface area contributed by atoms with E-state index in [0.29, 0.717) is 50.0 Å². The maximum atomic E-state index is 14.9. The average molecular weight is 519 g/mol. The van der Waals surface area contributed by atoms with E-state index >= 15 is 0 Å². The molecule has 1 saturated carbocycles. The number of benzene rings is 1. The third-order valence-electron chi connectivity index (χ3n) is 7.58. The molecule has 1 aliphatic carbocycles. The van der Waals surface area contributed by atoms with Crippen LogP contribution < -0.4 is 16.0 Å². The molecule has 0 bridgehead atoms. The minimum absolute atomic E-state index is 0.190. The standard InChI is InChI=1S/C28H40F2N4O3/c1-19(17-35-2)33-20-4-6-21(7-5-20)34-27-15-24(26(30)16-31-27)23-14-22(8-9-25(23)29)32-18-28(36-3)10-12-37-13-11-28/h8-9,14-16,19-21,32-33H,4-7,10-13,17-18H2,1-3H3,(H,31,34)/t19-,20?,21?/m0/s1. The van der Waals surface area contributed by atoms with Crippen molar-refractivity contribution in [3.05, 3.63) is 42.1 Å². The van der Waals surface area contributed by atoms with Gasteiger partial charge in [-0.25, -0.2) is 13.8 Å². The second-order valence-corrected chi connectivity index (χ2v) is 10.3. The Kier molecular flexibility index (Phi) is 9.70. The predicted molar refractivity (Wildman–Crippen MR) is 142 cm³/mol. The molecule has 1 aromatic heterocycles. The molecular formula is C28H40F2N4O3. The van der Waals surface area contributed by atoms with Crippen LogP contribution in [0.1, 0.15) is 45.4 Å². The Morgan fingerprint density at radius 2 is 1.73 bits per heavy atom. The van der Waals surface area contributed by atoms with Crippen molar-refractivity contribution < 1.29 is 23.0 Å². The highest BCUT2D eigenvalue weighted by Gasteiger charge is 2.32. The van der Waals surface area contributed by atoms with Gasteiger partial charge < -0.3 is 30.2 Å². The Bertz CT molecular complexity index is 1010. The van der Waals surface area contributed by atoms with Gasteiger partial charge in [0.25, 0.3) is 0 Å². The van der Waals surface area contributed by atoms with E-state index in [9.17, 15) is 8.78 Å². The van der Waals surface area contributed by atoms with Crippen molar-refractivity contribution in [3.8, 4) is 11.1 Å². The Labute approximate surface area is 218 Å². The summed E-state index contributed by atoms with van der Waals surface area (Å²) in [5, 5.41) is 10.4. The zero-order valence-corrected chi connectivity index (χ0v) is 22.1. The fourth-order valence-corrected chi connectivity index (χ4v) is 5.34. The van der Waals surface area contributed by atoms with Crippen LogP contribution in [0.3, 0.4) is 0 Å². The van der Waals surface area contributed by atoms with Crippen molar-refractivity contribution in [2.24, 2.45) is 0 Å². The fourth-order valence-electron chi connectivity index (χ4n) is 5.34. The first-order valence-electron chi connectivity index (χ1n) is 13.2. The van der Waals surface area contributed by atoms with Crippen LogP contribution in [0.4, 0.5) is 20.3 Å². The molecule has 2 aromatic rings. The summed E-state index contributed by atoms with van der Waals surface area (Å²) >= 11 is 0. The number of halogens is 2. The van der Waals surface area contributed by atoms with Gasteiger partial charge in [-0.05, 0) is 56.9 Å². The molecule has 7 nitrogen and oxygen atoms in total. The molecule has 4 rings (SSSR count). The third-order valence-corrected chi connectivity index (χ3v) is 7.58. The van der Waals surface area contributed by atoms with E-state index in [1.165, 1.54) is 12.3 Å². The van der Waals surface area contributed by atoms with Crippen LogP contribution in [0, 0.1) is 11.6 Å². The van der Waals surface area contributed by atoms with Gasteiger partial charge >= 0.3 is 0 Å². The van der Waals surface area contributed by atoms with Crippen LogP contribution >= 0.6 is 0 Å². The van der Waals surface area contributed by atoms with Crippen molar-refractivity contribution in [1.29, 1.82) is 0 Å². The Balaban J connectivity index is 1.41. The van der Waals surface area contributed by atoms with E-state index in [-0.39, 0.29) is 22.8 Å². The Morgan fingerprint density at radius 1 is 1.03 bits per heavy atom. The summed E-state index contributed by atoms with van der Waals surface area (Å²) in [5.41, 5.74) is 0.766. The summed E-state index contributed by atoms with van der Waals surface area (Å²) in [6.07, 6.45) is 6.76. The first-order valence-corrected chi connectivity index (χ1v) is 13.2. The quantitative estimate of drug-likeness (QED) is 0.387. The van der Waals surface area contributed by atoms with Crippen molar-refractivity contribution in [1.82, 2.24) is 10.3 Å². The van der Waals surface area contributed by atoms with Gasteiger partial charge in [0, 0.05) is 81.8 Å². The number of methoxy groups -OCH3 is 2. The topological polar surface area (TPSA) is 76.7 Å². The molecule has 2 aliphatic rings. The van der Waals surface area contributed by atoms with Crippen molar-refractivity contribution in [2.75, 3.05) is 51.2 Å². The molecule has 0 spiro atoms.